The van der Waals surface area contributed by atoms with Crippen LogP contribution in [0.5, 0.6) is 5.75 Å². The highest BCUT2D eigenvalue weighted by atomic mass is 16.5. The van der Waals surface area contributed by atoms with Gasteiger partial charge in [0.25, 0.3) is 0 Å². The van der Waals surface area contributed by atoms with Gasteiger partial charge in [-0.2, -0.15) is 0 Å². The minimum Gasteiger partial charge on any atom is -0.442 e. The Kier molecular flexibility index (Phi) is 5.94. The topological polar surface area (TPSA) is 72.5 Å². The van der Waals surface area contributed by atoms with E-state index in [9.17, 15) is 4.79 Å². The normalized spacial score (nSPS) is 11.3. The summed E-state index contributed by atoms with van der Waals surface area (Å²) in [5, 5.41) is 8.85. The van der Waals surface area contributed by atoms with Crippen LogP contribution >= 0.6 is 0 Å². The number of aryl methyl sites for hydroxylation is 1. The molecule has 3 N–H and O–H groups in total. The van der Waals surface area contributed by atoms with E-state index in [1.807, 2.05) is 24.3 Å². The average Bonchev–Trinajstić information content (AvgIpc) is 2.57. The van der Waals surface area contributed by atoms with Gasteiger partial charge in [-0.15, -0.1) is 0 Å². The number of aliphatic hydroxyl groups excluding tert-OH is 1. The minimum absolute atomic E-state index is 0.0200. The lowest BCUT2D eigenvalue weighted by molar-refractivity contribution is 0.103. The smallest absolute Gasteiger partial charge is 0.193 e. The van der Waals surface area contributed by atoms with E-state index in [0.717, 1.165) is 18.4 Å². The first-order valence-electron chi connectivity index (χ1n) is 7.62. The molecule has 120 valence electrons. The van der Waals surface area contributed by atoms with Gasteiger partial charge in [0.15, 0.2) is 11.7 Å². The second-order valence-corrected chi connectivity index (χ2v) is 5.16. The van der Waals surface area contributed by atoms with Crippen molar-refractivity contribution in [2.75, 3.05) is 6.61 Å². The van der Waals surface area contributed by atoms with Crippen LogP contribution in [0.3, 0.4) is 0 Å². The van der Waals surface area contributed by atoms with Crippen LogP contribution in [-0.2, 0) is 6.42 Å². The second kappa shape index (κ2) is 8.15. The highest BCUT2D eigenvalue weighted by molar-refractivity contribution is 6.09. The fraction of sp³-hybridized carbons (Fsp3) is 0.211. The molecule has 23 heavy (non-hydrogen) atoms. The van der Waals surface area contributed by atoms with Crippen LogP contribution in [-0.4, -0.2) is 17.5 Å². The minimum atomic E-state index is -0.181. The van der Waals surface area contributed by atoms with Crippen LogP contribution < -0.4 is 10.5 Å². The number of carbonyl (C=O) groups is 1. The van der Waals surface area contributed by atoms with E-state index < -0.39 is 0 Å². The molecule has 0 heterocycles. The van der Waals surface area contributed by atoms with E-state index in [4.69, 9.17) is 15.6 Å². The molecule has 4 heteroatoms. The zero-order chi connectivity index (χ0) is 16.7. The number of aliphatic hydroxyl groups is 1. The maximum atomic E-state index is 12.5. The quantitative estimate of drug-likeness (QED) is 0.609. The zero-order valence-corrected chi connectivity index (χ0v) is 13.2. The van der Waals surface area contributed by atoms with E-state index in [0.29, 0.717) is 16.9 Å². The molecule has 0 atom stereocenters. The third-order valence-corrected chi connectivity index (χ3v) is 3.40. The highest BCUT2D eigenvalue weighted by Crippen LogP contribution is 2.24. The lowest BCUT2D eigenvalue weighted by Gasteiger charge is -2.12. The maximum Gasteiger partial charge on any atom is 0.193 e. The summed E-state index contributed by atoms with van der Waals surface area (Å²) in [6.45, 7) is 1.88. The third-order valence-electron chi connectivity index (χ3n) is 3.40. The number of benzene rings is 2. The fourth-order valence-corrected chi connectivity index (χ4v) is 2.30. The van der Waals surface area contributed by atoms with Gasteiger partial charge in [0.05, 0.1) is 6.61 Å². The number of hydrogen-bond acceptors (Lipinski definition) is 4. The molecule has 0 bridgehead atoms. The van der Waals surface area contributed by atoms with Crippen molar-refractivity contribution in [2.24, 2.45) is 5.73 Å². The number of hydrogen-bond donors (Lipinski definition) is 2. The van der Waals surface area contributed by atoms with Crippen LogP contribution in [0.4, 0.5) is 0 Å². The molecule has 0 aliphatic rings. The van der Waals surface area contributed by atoms with Crippen molar-refractivity contribution in [1.82, 2.24) is 0 Å². The summed E-state index contributed by atoms with van der Waals surface area (Å²) in [5.41, 5.74) is 7.88. The van der Waals surface area contributed by atoms with Crippen LogP contribution in [0.25, 0.3) is 0 Å². The molecule has 0 saturated heterocycles. The summed E-state index contributed by atoms with van der Waals surface area (Å²) in [4.78, 5) is 12.5. The van der Waals surface area contributed by atoms with Gasteiger partial charge in [-0.25, -0.2) is 0 Å². The molecule has 0 spiro atoms. The molecule has 2 aromatic rings. The number of nitrogens with two attached hydrogens (primary N) is 1. The van der Waals surface area contributed by atoms with Gasteiger partial charge in [0, 0.05) is 17.2 Å². The van der Waals surface area contributed by atoms with Crippen molar-refractivity contribution in [1.29, 1.82) is 0 Å². The standard InChI is InChI=1S/C19H21NO3/c1-2-6-15-13-16(19(22)14-7-4-3-5-8-14)9-10-17(15)23-18(20)11-12-21/h3-5,7-11,13,21H,2,6,12,20H2,1H3/b18-11+. The van der Waals surface area contributed by atoms with Gasteiger partial charge in [0.2, 0.25) is 0 Å². The first kappa shape index (κ1) is 16.8. The van der Waals surface area contributed by atoms with Crippen LogP contribution in [0.2, 0.25) is 0 Å². The fourth-order valence-electron chi connectivity index (χ4n) is 2.30. The van der Waals surface area contributed by atoms with E-state index in [-0.39, 0.29) is 18.3 Å². The summed E-state index contributed by atoms with van der Waals surface area (Å²) >= 11 is 0. The summed E-state index contributed by atoms with van der Waals surface area (Å²) in [5.74, 6) is 0.735. The monoisotopic (exact) mass is 311 g/mol. The number of ketones is 1. The first-order chi connectivity index (χ1) is 11.2. The van der Waals surface area contributed by atoms with Gasteiger partial charge >= 0.3 is 0 Å². The summed E-state index contributed by atoms with van der Waals surface area (Å²) in [6.07, 6.45) is 3.08. The van der Waals surface area contributed by atoms with E-state index in [1.54, 1.807) is 24.3 Å². The molecule has 0 aliphatic carbocycles. The Morgan fingerprint density at radius 1 is 1.17 bits per heavy atom. The number of carbonyl (C=O) groups excluding carboxylic acids is 1. The summed E-state index contributed by atoms with van der Waals surface area (Å²) < 4.78 is 5.55. The molecule has 0 radical (unpaired) electrons. The molecule has 0 amide bonds. The van der Waals surface area contributed by atoms with Crippen molar-refractivity contribution in [3.63, 3.8) is 0 Å². The van der Waals surface area contributed by atoms with Crippen LogP contribution in [0, 0.1) is 0 Å². The molecular weight excluding hydrogens is 290 g/mol. The molecule has 2 aromatic carbocycles. The van der Waals surface area contributed by atoms with Gasteiger partial charge in [0.1, 0.15) is 5.75 Å². The molecule has 0 aliphatic heterocycles. The Morgan fingerprint density at radius 3 is 2.57 bits per heavy atom. The molecule has 0 saturated carbocycles. The predicted octanol–water partition coefficient (Wildman–Crippen LogP) is 3.04. The third kappa shape index (κ3) is 4.44. The van der Waals surface area contributed by atoms with Gasteiger partial charge < -0.3 is 15.6 Å². The number of rotatable bonds is 7. The van der Waals surface area contributed by atoms with E-state index >= 15 is 0 Å². The summed E-state index contributed by atoms with van der Waals surface area (Å²) in [7, 11) is 0. The predicted molar refractivity (Wildman–Crippen MR) is 90.3 cm³/mol. The molecule has 4 nitrogen and oxygen atoms in total. The molecule has 2 rings (SSSR count). The number of ether oxygens (including phenoxy) is 1. The maximum absolute atomic E-state index is 12.5. The Morgan fingerprint density at radius 2 is 1.91 bits per heavy atom. The molecule has 0 fully saturated rings. The largest absolute Gasteiger partial charge is 0.442 e. The van der Waals surface area contributed by atoms with Gasteiger partial charge in [-0.3, -0.25) is 4.79 Å². The Labute approximate surface area is 136 Å². The summed E-state index contributed by atoms with van der Waals surface area (Å²) in [6, 6.07) is 14.5. The molecular formula is C19H21NO3. The van der Waals surface area contributed by atoms with Gasteiger partial charge in [-0.1, -0.05) is 43.7 Å². The second-order valence-electron chi connectivity index (χ2n) is 5.16. The van der Waals surface area contributed by atoms with Crippen LogP contribution in [0.1, 0.15) is 34.8 Å². The molecule has 0 unspecified atom stereocenters. The Bertz CT molecular complexity index is 693. The Balaban J connectivity index is 2.32. The lowest BCUT2D eigenvalue weighted by Crippen LogP contribution is -2.09. The van der Waals surface area contributed by atoms with E-state index in [1.165, 1.54) is 6.08 Å². The van der Waals surface area contributed by atoms with Crippen LogP contribution in [0.15, 0.2) is 60.5 Å². The van der Waals surface area contributed by atoms with Crippen molar-refractivity contribution in [3.05, 3.63) is 77.2 Å². The Hall–Kier alpha value is -2.59. The van der Waals surface area contributed by atoms with Crippen molar-refractivity contribution >= 4 is 5.78 Å². The zero-order valence-electron chi connectivity index (χ0n) is 13.2. The van der Waals surface area contributed by atoms with Crippen molar-refractivity contribution in [2.45, 2.75) is 19.8 Å². The van der Waals surface area contributed by atoms with Crippen molar-refractivity contribution < 1.29 is 14.6 Å². The average molecular weight is 311 g/mol. The molecule has 0 aromatic heterocycles. The van der Waals surface area contributed by atoms with E-state index in [2.05, 4.69) is 6.92 Å². The highest BCUT2D eigenvalue weighted by Gasteiger charge is 2.12. The SMILES string of the molecule is CCCc1cc(C(=O)c2ccccc2)ccc1O/C(N)=C/CO. The van der Waals surface area contributed by atoms with Gasteiger partial charge in [-0.05, 0) is 30.2 Å². The first-order valence-corrected chi connectivity index (χ1v) is 7.62. The van der Waals surface area contributed by atoms with Crippen molar-refractivity contribution in [3.8, 4) is 5.75 Å². The lowest BCUT2D eigenvalue weighted by atomic mass is 9.99.